The summed E-state index contributed by atoms with van der Waals surface area (Å²) in [4.78, 5) is 11.3. The van der Waals surface area contributed by atoms with Gasteiger partial charge in [0, 0.05) is 10.8 Å². The lowest BCUT2D eigenvalue weighted by Gasteiger charge is -1.92. The largest absolute Gasteiger partial charge is 0.464 e. The molecule has 1 fully saturated rings. The van der Waals surface area contributed by atoms with Crippen molar-refractivity contribution in [2.45, 2.75) is 18.4 Å². The molecule has 1 aliphatic carbocycles. The fourth-order valence-corrected chi connectivity index (χ4v) is 2.09. The highest BCUT2D eigenvalue weighted by atomic mass is 32.1. The van der Waals surface area contributed by atoms with Gasteiger partial charge in [-0.15, -0.1) is 11.3 Å². The Morgan fingerprint density at radius 2 is 2.64 bits per heavy atom. The predicted molar refractivity (Wildman–Crippen MR) is 42.6 cm³/mol. The third-order valence-electron chi connectivity index (χ3n) is 1.87. The van der Waals surface area contributed by atoms with E-state index in [4.69, 9.17) is 4.74 Å². The molecule has 1 saturated carbocycles. The van der Waals surface area contributed by atoms with E-state index in [1.54, 1.807) is 11.3 Å². The Morgan fingerprint density at radius 1 is 1.73 bits per heavy atom. The molecule has 58 valence electrons. The van der Waals surface area contributed by atoms with Gasteiger partial charge in [0.05, 0.1) is 0 Å². The standard InChI is InChI=1S/C8H8O2S/c9-5-10-7-4-6(7)8-2-1-3-11-8/h1-3,5-7H,4H2. The molecule has 1 heterocycles. The molecule has 2 atom stereocenters. The molecule has 2 nitrogen and oxygen atoms in total. The average Bonchev–Trinajstić information content (AvgIpc) is 2.61. The highest BCUT2D eigenvalue weighted by Crippen LogP contribution is 2.44. The van der Waals surface area contributed by atoms with Crippen molar-refractivity contribution in [1.82, 2.24) is 0 Å². The maximum absolute atomic E-state index is 9.95. The smallest absolute Gasteiger partial charge is 0.293 e. The van der Waals surface area contributed by atoms with E-state index in [9.17, 15) is 4.79 Å². The molecule has 1 aliphatic rings. The Labute approximate surface area is 68.8 Å². The zero-order valence-electron chi connectivity index (χ0n) is 5.90. The molecule has 11 heavy (non-hydrogen) atoms. The Bertz CT molecular complexity index is 243. The highest BCUT2D eigenvalue weighted by Gasteiger charge is 2.41. The van der Waals surface area contributed by atoms with Crippen LogP contribution in [0.2, 0.25) is 0 Å². The number of thiophene rings is 1. The minimum atomic E-state index is 0.158. The summed E-state index contributed by atoms with van der Waals surface area (Å²) in [5.74, 6) is 0.486. The van der Waals surface area contributed by atoms with Crippen LogP contribution in [-0.2, 0) is 9.53 Å². The van der Waals surface area contributed by atoms with Crippen LogP contribution in [0, 0.1) is 0 Å². The SMILES string of the molecule is O=COC1CC1c1cccs1. The summed E-state index contributed by atoms with van der Waals surface area (Å²) in [6, 6.07) is 4.11. The molecule has 1 aromatic heterocycles. The van der Waals surface area contributed by atoms with Crippen LogP contribution in [0.15, 0.2) is 17.5 Å². The van der Waals surface area contributed by atoms with E-state index in [0.29, 0.717) is 12.4 Å². The van der Waals surface area contributed by atoms with Crippen molar-refractivity contribution in [2.24, 2.45) is 0 Å². The van der Waals surface area contributed by atoms with Gasteiger partial charge in [-0.2, -0.15) is 0 Å². The average molecular weight is 168 g/mol. The third-order valence-corrected chi connectivity index (χ3v) is 2.88. The van der Waals surface area contributed by atoms with Crippen LogP contribution in [0.3, 0.4) is 0 Å². The van der Waals surface area contributed by atoms with Gasteiger partial charge in [-0.05, 0) is 17.9 Å². The van der Waals surface area contributed by atoms with Crippen LogP contribution in [0.5, 0.6) is 0 Å². The number of carbonyl (C=O) groups excluding carboxylic acids is 1. The molecule has 2 unspecified atom stereocenters. The van der Waals surface area contributed by atoms with E-state index in [1.807, 2.05) is 11.4 Å². The Hall–Kier alpha value is -0.830. The highest BCUT2D eigenvalue weighted by molar-refractivity contribution is 7.10. The Balaban J connectivity index is 1.97. The van der Waals surface area contributed by atoms with Crippen molar-refractivity contribution in [3.05, 3.63) is 22.4 Å². The topological polar surface area (TPSA) is 26.3 Å². The summed E-state index contributed by atoms with van der Waals surface area (Å²) in [6.07, 6.45) is 1.16. The lowest BCUT2D eigenvalue weighted by molar-refractivity contribution is -0.129. The van der Waals surface area contributed by atoms with Gasteiger partial charge >= 0.3 is 0 Å². The minimum Gasteiger partial charge on any atom is -0.464 e. The van der Waals surface area contributed by atoms with Crippen molar-refractivity contribution >= 4 is 17.8 Å². The molecule has 0 bridgehead atoms. The molecular weight excluding hydrogens is 160 g/mol. The van der Waals surface area contributed by atoms with Crippen LogP contribution in [0.25, 0.3) is 0 Å². The molecule has 0 N–H and O–H groups in total. The lowest BCUT2D eigenvalue weighted by Crippen LogP contribution is -1.91. The van der Waals surface area contributed by atoms with E-state index in [0.717, 1.165) is 6.42 Å². The van der Waals surface area contributed by atoms with Gasteiger partial charge in [0.25, 0.3) is 6.47 Å². The lowest BCUT2D eigenvalue weighted by atomic mass is 10.3. The molecule has 0 radical (unpaired) electrons. The molecule has 3 heteroatoms. The normalized spacial score (nSPS) is 28.0. The molecule has 0 aliphatic heterocycles. The molecule has 0 amide bonds. The fourth-order valence-electron chi connectivity index (χ4n) is 1.20. The van der Waals surface area contributed by atoms with Gasteiger partial charge in [0.1, 0.15) is 6.10 Å². The first kappa shape index (κ1) is 6.85. The number of ether oxygens (including phenoxy) is 1. The van der Waals surface area contributed by atoms with Crippen LogP contribution in [0.4, 0.5) is 0 Å². The van der Waals surface area contributed by atoms with E-state index in [-0.39, 0.29) is 6.10 Å². The summed E-state index contributed by atoms with van der Waals surface area (Å²) in [5.41, 5.74) is 0. The summed E-state index contributed by atoms with van der Waals surface area (Å²) < 4.78 is 4.82. The summed E-state index contributed by atoms with van der Waals surface area (Å²) in [6.45, 7) is 0.540. The zero-order valence-corrected chi connectivity index (χ0v) is 6.71. The van der Waals surface area contributed by atoms with E-state index < -0.39 is 0 Å². The van der Waals surface area contributed by atoms with Crippen molar-refractivity contribution in [3.8, 4) is 0 Å². The third kappa shape index (κ3) is 1.28. The van der Waals surface area contributed by atoms with Gasteiger partial charge in [0.15, 0.2) is 0 Å². The molecule has 1 aromatic rings. The number of hydrogen-bond acceptors (Lipinski definition) is 3. The molecule has 2 rings (SSSR count). The van der Waals surface area contributed by atoms with E-state index >= 15 is 0 Å². The van der Waals surface area contributed by atoms with Crippen molar-refractivity contribution in [2.75, 3.05) is 0 Å². The first-order valence-electron chi connectivity index (χ1n) is 3.54. The quantitative estimate of drug-likeness (QED) is 0.643. The number of hydrogen-bond donors (Lipinski definition) is 0. The van der Waals surface area contributed by atoms with Crippen molar-refractivity contribution in [1.29, 1.82) is 0 Å². The second-order valence-electron chi connectivity index (χ2n) is 2.63. The number of carbonyl (C=O) groups is 1. The van der Waals surface area contributed by atoms with Gasteiger partial charge in [0.2, 0.25) is 0 Å². The van der Waals surface area contributed by atoms with Gasteiger partial charge in [-0.1, -0.05) is 6.07 Å². The van der Waals surface area contributed by atoms with Crippen LogP contribution >= 0.6 is 11.3 Å². The van der Waals surface area contributed by atoms with Crippen LogP contribution in [-0.4, -0.2) is 12.6 Å². The Kier molecular flexibility index (Phi) is 1.66. The molecular formula is C8H8O2S. The zero-order chi connectivity index (χ0) is 7.68. The minimum absolute atomic E-state index is 0.158. The van der Waals surface area contributed by atoms with Crippen LogP contribution < -0.4 is 0 Å². The maximum Gasteiger partial charge on any atom is 0.293 e. The fraction of sp³-hybridized carbons (Fsp3) is 0.375. The van der Waals surface area contributed by atoms with Crippen LogP contribution in [0.1, 0.15) is 17.2 Å². The second kappa shape index (κ2) is 2.66. The first-order chi connectivity index (χ1) is 5.42. The van der Waals surface area contributed by atoms with Gasteiger partial charge in [-0.3, -0.25) is 4.79 Å². The second-order valence-corrected chi connectivity index (χ2v) is 3.61. The van der Waals surface area contributed by atoms with Gasteiger partial charge in [-0.25, -0.2) is 0 Å². The number of rotatable bonds is 3. The first-order valence-corrected chi connectivity index (χ1v) is 4.42. The summed E-state index contributed by atoms with van der Waals surface area (Å²) >= 11 is 1.73. The van der Waals surface area contributed by atoms with E-state index in [1.165, 1.54) is 4.88 Å². The summed E-state index contributed by atoms with van der Waals surface area (Å²) in [7, 11) is 0. The maximum atomic E-state index is 9.95. The predicted octanol–water partition coefficient (Wildman–Crippen LogP) is 1.78. The monoisotopic (exact) mass is 168 g/mol. The van der Waals surface area contributed by atoms with E-state index in [2.05, 4.69) is 6.07 Å². The molecule has 0 spiro atoms. The van der Waals surface area contributed by atoms with Crippen molar-refractivity contribution in [3.63, 3.8) is 0 Å². The summed E-state index contributed by atoms with van der Waals surface area (Å²) in [5, 5.41) is 2.05. The molecule has 0 aromatic carbocycles. The molecule has 0 saturated heterocycles. The van der Waals surface area contributed by atoms with Crippen molar-refractivity contribution < 1.29 is 9.53 Å². The van der Waals surface area contributed by atoms with Gasteiger partial charge < -0.3 is 4.74 Å². The Morgan fingerprint density at radius 3 is 3.27 bits per heavy atom.